The van der Waals surface area contributed by atoms with E-state index in [-0.39, 0.29) is 0 Å². The number of rotatable bonds is 2. The highest BCUT2D eigenvalue weighted by molar-refractivity contribution is 5.65. The fraction of sp³-hybridized carbons (Fsp3) is 0.533. The summed E-state index contributed by atoms with van der Waals surface area (Å²) in [5.74, 6) is 0.627. The number of amides is 1. The Morgan fingerprint density at radius 3 is 2.68 bits per heavy atom. The summed E-state index contributed by atoms with van der Waals surface area (Å²) in [4.78, 5) is 14.9. The maximum Gasteiger partial charge on any atom is 0.407 e. The quantitative estimate of drug-likeness (QED) is 0.888. The van der Waals surface area contributed by atoms with Crippen molar-refractivity contribution < 1.29 is 9.90 Å². The van der Waals surface area contributed by atoms with Crippen LogP contribution in [-0.2, 0) is 6.42 Å². The third kappa shape index (κ3) is 2.53. The molecule has 4 nitrogen and oxygen atoms in total. The number of hydrogen-bond donors (Lipinski definition) is 1. The summed E-state index contributed by atoms with van der Waals surface area (Å²) in [5, 5.41) is 8.95. The third-order valence-electron chi connectivity index (χ3n) is 4.35. The van der Waals surface area contributed by atoms with Crippen LogP contribution in [0.5, 0.6) is 0 Å². The van der Waals surface area contributed by atoms with Gasteiger partial charge < -0.3 is 14.9 Å². The van der Waals surface area contributed by atoms with Crippen molar-refractivity contribution in [2.45, 2.75) is 19.3 Å². The van der Waals surface area contributed by atoms with E-state index in [2.05, 4.69) is 29.2 Å². The first-order valence-electron chi connectivity index (χ1n) is 7.05. The molecule has 1 aromatic carbocycles. The molecule has 1 fully saturated rings. The van der Waals surface area contributed by atoms with Gasteiger partial charge in [-0.05, 0) is 36.8 Å². The van der Waals surface area contributed by atoms with E-state index < -0.39 is 6.09 Å². The Hall–Kier alpha value is -1.71. The van der Waals surface area contributed by atoms with Gasteiger partial charge in [-0.1, -0.05) is 18.2 Å². The molecule has 4 heteroatoms. The number of anilines is 1. The molecule has 3 rings (SSSR count). The summed E-state index contributed by atoms with van der Waals surface area (Å²) in [6.45, 7) is 3.56. The van der Waals surface area contributed by atoms with Crippen LogP contribution >= 0.6 is 0 Å². The number of nitrogens with zero attached hydrogens (tertiary/aromatic N) is 2. The lowest BCUT2D eigenvalue weighted by Crippen LogP contribution is -2.40. The predicted octanol–water partition coefficient (Wildman–Crippen LogP) is 2.44. The number of fused-ring (bicyclic) bond motifs is 1. The highest BCUT2D eigenvalue weighted by Crippen LogP contribution is 2.29. The maximum atomic E-state index is 10.9. The highest BCUT2D eigenvalue weighted by atomic mass is 16.4. The summed E-state index contributed by atoms with van der Waals surface area (Å²) in [5.41, 5.74) is 2.83. The Bertz CT molecular complexity index is 467. The average Bonchev–Trinajstić information content (AvgIpc) is 2.83. The Morgan fingerprint density at radius 2 is 1.95 bits per heavy atom. The Morgan fingerprint density at radius 1 is 1.21 bits per heavy atom. The van der Waals surface area contributed by atoms with Crippen LogP contribution in [0.3, 0.4) is 0 Å². The number of benzene rings is 1. The third-order valence-corrected chi connectivity index (χ3v) is 4.35. The second-order valence-electron chi connectivity index (χ2n) is 5.54. The second-order valence-corrected chi connectivity index (χ2v) is 5.54. The normalized spacial score (nSPS) is 19.6. The first kappa shape index (κ1) is 12.3. The molecular weight excluding hydrogens is 240 g/mol. The molecule has 0 spiro atoms. The molecule has 0 saturated carbocycles. The second kappa shape index (κ2) is 5.11. The SMILES string of the molecule is O=C(O)N1CCC(CN2CCc3ccccc32)CC1. The number of carbonyl (C=O) groups is 1. The van der Waals surface area contributed by atoms with Gasteiger partial charge in [0.1, 0.15) is 0 Å². The molecule has 102 valence electrons. The van der Waals surface area contributed by atoms with E-state index in [0.717, 1.165) is 32.4 Å². The number of hydrogen-bond acceptors (Lipinski definition) is 2. The molecule has 1 N–H and O–H groups in total. The van der Waals surface area contributed by atoms with E-state index in [1.807, 2.05) is 0 Å². The number of para-hydroxylation sites is 1. The maximum absolute atomic E-state index is 10.9. The first-order chi connectivity index (χ1) is 9.24. The van der Waals surface area contributed by atoms with Crippen LogP contribution in [0.25, 0.3) is 0 Å². The smallest absolute Gasteiger partial charge is 0.407 e. The van der Waals surface area contributed by atoms with Crippen molar-refractivity contribution in [2.75, 3.05) is 31.1 Å². The van der Waals surface area contributed by atoms with Gasteiger partial charge in [0.05, 0.1) is 0 Å². The fourth-order valence-corrected chi connectivity index (χ4v) is 3.21. The molecule has 0 aliphatic carbocycles. The van der Waals surface area contributed by atoms with E-state index in [0.29, 0.717) is 19.0 Å². The van der Waals surface area contributed by atoms with Crippen molar-refractivity contribution in [3.05, 3.63) is 29.8 Å². The van der Waals surface area contributed by atoms with Gasteiger partial charge in [-0.25, -0.2) is 4.79 Å². The van der Waals surface area contributed by atoms with E-state index >= 15 is 0 Å². The molecule has 0 bridgehead atoms. The largest absolute Gasteiger partial charge is 0.465 e. The minimum absolute atomic E-state index is 0.627. The summed E-state index contributed by atoms with van der Waals surface area (Å²) in [6.07, 6.45) is 2.35. The van der Waals surface area contributed by atoms with Gasteiger partial charge in [0.2, 0.25) is 0 Å². The minimum Gasteiger partial charge on any atom is -0.465 e. The lowest BCUT2D eigenvalue weighted by molar-refractivity contribution is 0.125. The van der Waals surface area contributed by atoms with Crippen molar-refractivity contribution in [2.24, 2.45) is 5.92 Å². The Kier molecular flexibility index (Phi) is 3.32. The molecular formula is C15H20N2O2. The van der Waals surface area contributed by atoms with Gasteiger partial charge in [0, 0.05) is 31.9 Å². The zero-order valence-corrected chi connectivity index (χ0v) is 11.1. The van der Waals surface area contributed by atoms with Crippen molar-refractivity contribution in [3.63, 3.8) is 0 Å². The van der Waals surface area contributed by atoms with E-state index in [4.69, 9.17) is 5.11 Å². The van der Waals surface area contributed by atoms with Gasteiger partial charge in [0.15, 0.2) is 0 Å². The summed E-state index contributed by atoms with van der Waals surface area (Å²) in [7, 11) is 0. The predicted molar refractivity (Wildman–Crippen MR) is 74.7 cm³/mol. The monoisotopic (exact) mass is 260 g/mol. The van der Waals surface area contributed by atoms with E-state index in [1.54, 1.807) is 0 Å². The van der Waals surface area contributed by atoms with Crippen LogP contribution in [0.4, 0.5) is 10.5 Å². The number of likely N-dealkylation sites (tertiary alicyclic amines) is 1. The van der Waals surface area contributed by atoms with E-state index in [1.165, 1.54) is 16.2 Å². The average molecular weight is 260 g/mol. The molecule has 0 unspecified atom stereocenters. The van der Waals surface area contributed by atoms with Crippen molar-refractivity contribution in [3.8, 4) is 0 Å². The molecule has 2 aliphatic rings. The van der Waals surface area contributed by atoms with Crippen LogP contribution in [0, 0.1) is 5.92 Å². The summed E-state index contributed by atoms with van der Waals surface area (Å²) < 4.78 is 0. The molecule has 2 aliphatic heterocycles. The van der Waals surface area contributed by atoms with Gasteiger partial charge >= 0.3 is 6.09 Å². The highest BCUT2D eigenvalue weighted by Gasteiger charge is 2.26. The molecule has 1 saturated heterocycles. The number of piperidine rings is 1. The van der Waals surface area contributed by atoms with Crippen LogP contribution in [0.2, 0.25) is 0 Å². The van der Waals surface area contributed by atoms with Crippen LogP contribution in [0.1, 0.15) is 18.4 Å². The standard InChI is InChI=1S/C15H20N2O2/c18-15(19)16-8-5-12(6-9-16)11-17-10-7-13-3-1-2-4-14(13)17/h1-4,12H,5-11H2,(H,18,19). The van der Waals surface area contributed by atoms with Gasteiger partial charge in [0.25, 0.3) is 0 Å². The number of carboxylic acid groups (broad SMARTS) is 1. The van der Waals surface area contributed by atoms with Crippen LogP contribution < -0.4 is 4.90 Å². The fourth-order valence-electron chi connectivity index (χ4n) is 3.21. The first-order valence-corrected chi connectivity index (χ1v) is 7.05. The van der Waals surface area contributed by atoms with Crippen molar-refractivity contribution >= 4 is 11.8 Å². The lowest BCUT2D eigenvalue weighted by Gasteiger charge is -2.33. The molecule has 1 amide bonds. The van der Waals surface area contributed by atoms with Gasteiger partial charge in [-0.2, -0.15) is 0 Å². The topological polar surface area (TPSA) is 43.8 Å². The summed E-state index contributed by atoms with van der Waals surface area (Å²) in [6, 6.07) is 8.62. The van der Waals surface area contributed by atoms with Crippen LogP contribution in [0.15, 0.2) is 24.3 Å². The van der Waals surface area contributed by atoms with E-state index in [9.17, 15) is 4.79 Å². The summed E-state index contributed by atoms with van der Waals surface area (Å²) >= 11 is 0. The van der Waals surface area contributed by atoms with Crippen molar-refractivity contribution in [1.82, 2.24) is 4.90 Å². The molecule has 1 aromatic rings. The minimum atomic E-state index is -0.773. The molecule has 0 atom stereocenters. The van der Waals surface area contributed by atoms with Gasteiger partial charge in [-0.15, -0.1) is 0 Å². The van der Waals surface area contributed by atoms with Crippen LogP contribution in [-0.4, -0.2) is 42.3 Å². The van der Waals surface area contributed by atoms with Crippen molar-refractivity contribution in [1.29, 1.82) is 0 Å². The molecule has 0 aromatic heterocycles. The zero-order chi connectivity index (χ0) is 13.2. The Balaban J connectivity index is 1.58. The molecule has 19 heavy (non-hydrogen) atoms. The molecule has 0 radical (unpaired) electrons. The van der Waals surface area contributed by atoms with Gasteiger partial charge in [-0.3, -0.25) is 0 Å². The Labute approximate surface area is 113 Å². The molecule has 2 heterocycles. The zero-order valence-electron chi connectivity index (χ0n) is 11.1. The lowest BCUT2D eigenvalue weighted by atomic mass is 9.96.